The zero-order chi connectivity index (χ0) is 20.1. The molecule has 0 fully saturated rings. The molecular formula is C16H14F3N5O4. The average Bonchev–Trinajstić information content (AvgIpc) is 3.32. The number of carbonyl (C=O) groups is 1. The predicted molar refractivity (Wildman–Crippen MR) is 86.0 cm³/mol. The van der Waals surface area contributed by atoms with Gasteiger partial charge >= 0.3 is 12.1 Å². The summed E-state index contributed by atoms with van der Waals surface area (Å²) in [5, 5.41) is 9.49. The highest BCUT2D eigenvalue weighted by Crippen LogP contribution is 2.29. The minimum atomic E-state index is -4.70. The van der Waals surface area contributed by atoms with Gasteiger partial charge in [-0.15, -0.1) is 0 Å². The van der Waals surface area contributed by atoms with Crippen LogP contribution in [0.2, 0.25) is 0 Å². The van der Waals surface area contributed by atoms with Crippen molar-refractivity contribution >= 4 is 5.91 Å². The zero-order valence-corrected chi connectivity index (χ0v) is 14.5. The Hall–Kier alpha value is -3.28. The summed E-state index contributed by atoms with van der Waals surface area (Å²) in [7, 11) is 1.51. The Morgan fingerprint density at radius 3 is 2.54 bits per heavy atom. The maximum atomic E-state index is 12.5. The summed E-state index contributed by atoms with van der Waals surface area (Å²) in [6, 6.07) is 6.35. The number of hydrogen-bond acceptors (Lipinski definition) is 8. The first kappa shape index (κ1) is 19.5. The summed E-state index contributed by atoms with van der Waals surface area (Å²) >= 11 is 0. The summed E-state index contributed by atoms with van der Waals surface area (Å²) in [6.45, 7) is 0.667. The van der Waals surface area contributed by atoms with Crippen LogP contribution in [-0.2, 0) is 17.3 Å². The highest BCUT2D eigenvalue weighted by atomic mass is 19.4. The van der Waals surface area contributed by atoms with Gasteiger partial charge in [0.2, 0.25) is 11.7 Å². The molecule has 2 aromatic heterocycles. The van der Waals surface area contributed by atoms with Gasteiger partial charge in [0.05, 0.1) is 13.0 Å². The zero-order valence-electron chi connectivity index (χ0n) is 14.5. The molecule has 9 nitrogen and oxygen atoms in total. The van der Waals surface area contributed by atoms with Crippen LogP contribution in [0.5, 0.6) is 0 Å². The minimum absolute atomic E-state index is 0.103. The van der Waals surface area contributed by atoms with E-state index >= 15 is 0 Å². The van der Waals surface area contributed by atoms with E-state index in [1.807, 2.05) is 0 Å². The number of ether oxygens (including phenoxy) is 1. The fourth-order valence-corrected chi connectivity index (χ4v) is 2.17. The Morgan fingerprint density at radius 2 is 1.89 bits per heavy atom. The summed E-state index contributed by atoms with van der Waals surface area (Å²) in [5.41, 5.74) is 1.09. The van der Waals surface area contributed by atoms with Crippen LogP contribution >= 0.6 is 0 Å². The van der Waals surface area contributed by atoms with Crippen LogP contribution in [0.15, 0.2) is 33.3 Å². The third kappa shape index (κ3) is 4.71. The van der Waals surface area contributed by atoms with Gasteiger partial charge in [0.25, 0.3) is 11.7 Å². The lowest BCUT2D eigenvalue weighted by molar-refractivity contribution is -0.159. The Balaban J connectivity index is 1.63. The maximum Gasteiger partial charge on any atom is 0.471 e. The number of carbonyl (C=O) groups excluding carboxylic acids is 1. The van der Waals surface area contributed by atoms with E-state index in [1.165, 1.54) is 19.2 Å². The molecule has 0 spiro atoms. The van der Waals surface area contributed by atoms with Gasteiger partial charge in [-0.05, 0) is 5.56 Å². The smallest absolute Gasteiger partial charge is 0.383 e. The number of hydrogen-bond donors (Lipinski definition) is 1. The molecule has 28 heavy (non-hydrogen) atoms. The van der Waals surface area contributed by atoms with Crippen molar-refractivity contribution in [1.82, 2.24) is 25.6 Å². The van der Waals surface area contributed by atoms with Gasteiger partial charge in [0.15, 0.2) is 0 Å². The molecule has 0 bridgehead atoms. The molecule has 0 aliphatic heterocycles. The highest BCUT2D eigenvalue weighted by molar-refractivity contribution is 5.90. The Bertz CT molecular complexity index is 936. The van der Waals surface area contributed by atoms with Crippen LogP contribution in [0, 0.1) is 0 Å². The average molecular weight is 397 g/mol. The molecule has 0 saturated carbocycles. The first-order valence-corrected chi connectivity index (χ1v) is 7.97. The lowest BCUT2D eigenvalue weighted by Crippen LogP contribution is -2.27. The summed E-state index contributed by atoms with van der Waals surface area (Å²) in [4.78, 5) is 19.1. The molecule has 1 amide bonds. The van der Waals surface area contributed by atoms with Crippen molar-refractivity contribution in [2.75, 3.05) is 20.3 Å². The molecule has 0 atom stereocenters. The van der Waals surface area contributed by atoms with E-state index in [0.717, 1.165) is 5.56 Å². The summed E-state index contributed by atoms with van der Waals surface area (Å²) in [5.74, 6) is -1.96. The number of nitrogens with one attached hydrogen (secondary N) is 1. The molecule has 0 aliphatic rings. The third-order valence-electron chi connectivity index (χ3n) is 3.50. The number of benzene rings is 1. The number of alkyl halides is 3. The van der Waals surface area contributed by atoms with E-state index in [2.05, 4.69) is 30.1 Å². The van der Waals surface area contributed by atoms with E-state index in [1.54, 1.807) is 12.1 Å². The molecule has 12 heteroatoms. The van der Waals surface area contributed by atoms with E-state index < -0.39 is 18.0 Å². The predicted octanol–water partition coefficient (Wildman–Crippen LogP) is 2.11. The Kier molecular flexibility index (Phi) is 5.68. The number of rotatable bonds is 7. The molecule has 3 aromatic rings. The number of methoxy groups -OCH3 is 1. The largest absolute Gasteiger partial charge is 0.471 e. The van der Waals surface area contributed by atoms with Crippen molar-refractivity contribution in [3.8, 4) is 11.4 Å². The fourth-order valence-electron chi connectivity index (χ4n) is 2.17. The van der Waals surface area contributed by atoms with Gasteiger partial charge in [-0.1, -0.05) is 34.6 Å². The third-order valence-corrected chi connectivity index (χ3v) is 3.50. The molecule has 1 N–H and O–H groups in total. The van der Waals surface area contributed by atoms with Crippen LogP contribution in [0.25, 0.3) is 11.4 Å². The Labute approximate surface area is 155 Å². The SMILES string of the molecule is COCCNC(=O)c1noc(Cc2ccc(-c3noc(C(F)(F)F)n3)cc2)n1. The number of halogens is 3. The topological polar surface area (TPSA) is 116 Å². The van der Waals surface area contributed by atoms with Gasteiger partial charge in [-0.2, -0.15) is 23.1 Å². The second-order valence-electron chi connectivity index (χ2n) is 5.56. The van der Waals surface area contributed by atoms with Crippen LogP contribution in [0.4, 0.5) is 13.2 Å². The molecule has 0 radical (unpaired) electrons. The van der Waals surface area contributed by atoms with Crippen LogP contribution < -0.4 is 5.32 Å². The quantitative estimate of drug-likeness (QED) is 0.603. The normalized spacial score (nSPS) is 11.6. The Morgan fingerprint density at radius 1 is 1.14 bits per heavy atom. The van der Waals surface area contributed by atoms with Crippen LogP contribution in [0.1, 0.15) is 28.0 Å². The van der Waals surface area contributed by atoms with E-state index in [4.69, 9.17) is 9.26 Å². The monoisotopic (exact) mass is 397 g/mol. The van der Waals surface area contributed by atoms with E-state index in [-0.39, 0.29) is 24.0 Å². The molecule has 0 unspecified atom stereocenters. The van der Waals surface area contributed by atoms with Crippen molar-refractivity contribution in [2.24, 2.45) is 0 Å². The van der Waals surface area contributed by atoms with Gasteiger partial charge in [0, 0.05) is 19.2 Å². The van der Waals surface area contributed by atoms with Gasteiger partial charge in [0.1, 0.15) is 0 Å². The van der Waals surface area contributed by atoms with Crippen molar-refractivity contribution in [3.63, 3.8) is 0 Å². The summed E-state index contributed by atoms with van der Waals surface area (Å²) in [6.07, 6.45) is -4.46. The highest BCUT2D eigenvalue weighted by Gasteiger charge is 2.38. The molecule has 3 rings (SSSR count). The van der Waals surface area contributed by atoms with Crippen LogP contribution in [-0.4, -0.2) is 46.4 Å². The molecule has 1 aromatic carbocycles. The molecular weight excluding hydrogens is 383 g/mol. The van der Waals surface area contributed by atoms with Crippen molar-refractivity contribution in [1.29, 1.82) is 0 Å². The molecule has 0 saturated heterocycles. The molecule has 2 heterocycles. The van der Waals surface area contributed by atoms with Crippen molar-refractivity contribution in [3.05, 3.63) is 47.4 Å². The van der Waals surface area contributed by atoms with Gasteiger partial charge in [-0.3, -0.25) is 4.79 Å². The lowest BCUT2D eigenvalue weighted by atomic mass is 10.1. The molecule has 148 valence electrons. The number of aromatic nitrogens is 4. The molecule has 0 aliphatic carbocycles. The minimum Gasteiger partial charge on any atom is -0.383 e. The number of amides is 1. The summed E-state index contributed by atoms with van der Waals surface area (Å²) < 4.78 is 51.6. The van der Waals surface area contributed by atoms with E-state index in [9.17, 15) is 18.0 Å². The van der Waals surface area contributed by atoms with Gasteiger partial charge < -0.3 is 19.1 Å². The van der Waals surface area contributed by atoms with Crippen LogP contribution in [0.3, 0.4) is 0 Å². The first-order valence-electron chi connectivity index (χ1n) is 7.97. The first-order chi connectivity index (χ1) is 13.4. The second kappa shape index (κ2) is 8.17. The van der Waals surface area contributed by atoms with Gasteiger partial charge in [-0.25, -0.2) is 0 Å². The maximum absolute atomic E-state index is 12.5. The standard InChI is InChI=1S/C16H14F3N5O4/c1-26-7-6-20-14(25)13-21-11(27-24-13)8-9-2-4-10(5-3-9)12-22-15(28-23-12)16(17,18)19/h2-5H,6-8H2,1H3,(H,20,25). The fraction of sp³-hybridized carbons (Fsp3) is 0.312. The number of nitrogens with zero attached hydrogens (tertiary/aromatic N) is 4. The van der Waals surface area contributed by atoms with E-state index in [0.29, 0.717) is 18.7 Å². The van der Waals surface area contributed by atoms with Crippen molar-refractivity contribution in [2.45, 2.75) is 12.6 Å². The van der Waals surface area contributed by atoms with Crippen molar-refractivity contribution < 1.29 is 31.7 Å². The lowest BCUT2D eigenvalue weighted by Gasteiger charge is -2.00. The second-order valence-corrected chi connectivity index (χ2v) is 5.56.